The molecule has 17 nitrogen and oxygen atoms in total. The summed E-state index contributed by atoms with van der Waals surface area (Å²) in [4.78, 5) is 36.0. The van der Waals surface area contributed by atoms with Gasteiger partial charge in [-0.15, -0.1) is 0 Å². The van der Waals surface area contributed by atoms with E-state index in [1.165, 1.54) is 24.3 Å². The molecule has 0 spiro atoms. The van der Waals surface area contributed by atoms with Crippen LogP contribution < -0.4 is 10.2 Å². The second kappa shape index (κ2) is 12.0. The molecule has 0 aliphatic carbocycles. The van der Waals surface area contributed by atoms with Crippen molar-refractivity contribution >= 4 is 22.9 Å². The summed E-state index contributed by atoms with van der Waals surface area (Å²) >= 11 is 0. The number of aliphatic hydroxyl groups is 5. The summed E-state index contributed by atoms with van der Waals surface area (Å²) < 4.78 is 27.2. The standard InChI is InChI=1S/C27H26O17/c28-9-3-1-8(2-4-9)13-7-12(30)15-11(29)5-10(6-14(15)41-13)40-27-23(19(34)18(33)22(43-27)25(38)39)44-26-20(35)16(31)17(32)21(42-26)24(36)37/h1-7,16-23,26-29,31-35H,(H,36,37)(H,38,39)/t16-,17-,18-,19-,20+,21+,22-,23+,26-,27+/m1/s1. The first-order valence-corrected chi connectivity index (χ1v) is 12.9. The van der Waals surface area contributed by atoms with Gasteiger partial charge in [0.1, 0.15) is 64.5 Å². The first-order chi connectivity index (χ1) is 20.8. The SMILES string of the molecule is O=C(O)[C@H]1O[C@H](O[C@@H]2[C@@H](Oc3cc(O)c4c(=O)cc(-c5ccc(O)cc5)oc4c3)O[C@@H](C(=O)O)[C@H](O)[C@H]2O)[C@@H](O)[C@H](O)[C@H]1O. The summed E-state index contributed by atoms with van der Waals surface area (Å²) in [5.74, 6) is -4.45. The molecule has 2 fully saturated rings. The maximum atomic E-state index is 12.8. The van der Waals surface area contributed by atoms with Crippen molar-refractivity contribution in [2.75, 3.05) is 0 Å². The number of aliphatic hydroxyl groups excluding tert-OH is 5. The van der Waals surface area contributed by atoms with Crippen LogP contribution in [0.5, 0.6) is 17.2 Å². The molecule has 2 aliphatic heterocycles. The van der Waals surface area contributed by atoms with Gasteiger partial charge in [0, 0.05) is 23.8 Å². The van der Waals surface area contributed by atoms with Crippen LogP contribution in [-0.4, -0.2) is 119 Å². The number of fused-ring (bicyclic) bond motifs is 1. The monoisotopic (exact) mass is 622 g/mol. The Bertz CT molecular complexity index is 1600. The van der Waals surface area contributed by atoms with Crippen molar-refractivity contribution in [3.05, 3.63) is 52.7 Å². The number of carboxylic acid groups (broad SMARTS) is 2. The quantitative estimate of drug-likeness (QED) is 0.138. The van der Waals surface area contributed by atoms with Crippen molar-refractivity contribution in [2.45, 2.75) is 61.4 Å². The molecule has 2 aliphatic rings. The minimum atomic E-state index is -2.15. The second-order valence-corrected chi connectivity index (χ2v) is 10.0. The molecule has 10 atom stereocenters. The van der Waals surface area contributed by atoms with Crippen LogP contribution in [0.25, 0.3) is 22.3 Å². The van der Waals surface area contributed by atoms with E-state index < -0.39 is 84.5 Å². The third kappa shape index (κ3) is 5.77. The number of carboxylic acids is 2. The number of hydrogen-bond donors (Lipinski definition) is 9. The molecule has 44 heavy (non-hydrogen) atoms. The number of phenolic OH excluding ortho intramolecular Hbond substituents is 2. The topological polar surface area (TPSA) is 283 Å². The van der Waals surface area contributed by atoms with Gasteiger partial charge in [-0.05, 0) is 24.3 Å². The van der Waals surface area contributed by atoms with Gasteiger partial charge in [0.15, 0.2) is 30.0 Å². The van der Waals surface area contributed by atoms with E-state index in [2.05, 4.69) is 0 Å². The van der Waals surface area contributed by atoms with Crippen LogP contribution in [0.1, 0.15) is 0 Å². The molecule has 2 saturated heterocycles. The number of aliphatic carboxylic acids is 2. The van der Waals surface area contributed by atoms with E-state index >= 15 is 0 Å². The lowest BCUT2D eigenvalue weighted by molar-refractivity contribution is -0.350. The van der Waals surface area contributed by atoms with Crippen molar-refractivity contribution in [3.8, 4) is 28.6 Å². The minimum Gasteiger partial charge on any atom is -0.508 e. The summed E-state index contributed by atoms with van der Waals surface area (Å²) in [6.45, 7) is 0. The molecule has 2 aromatic carbocycles. The fourth-order valence-corrected chi connectivity index (χ4v) is 4.81. The number of benzene rings is 2. The number of ether oxygens (including phenoxy) is 4. The Hall–Kier alpha value is -4.33. The molecule has 0 unspecified atom stereocenters. The van der Waals surface area contributed by atoms with Crippen LogP contribution in [0.3, 0.4) is 0 Å². The highest BCUT2D eigenvalue weighted by Gasteiger charge is 2.54. The van der Waals surface area contributed by atoms with Crippen LogP contribution >= 0.6 is 0 Å². The largest absolute Gasteiger partial charge is 0.508 e. The Balaban J connectivity index is 1.50. The summed E-state index contributed by atoms with van der Waals surface area (Å²) in [5.41, 5.74) is -0.488. The van der Waals surface area contributed by atoms with Gasteiger partial charge in [-0.3, -0.25) is 4.79 Å². The van der Waals surface area contributed by atoms with E-state index in [1.54, 1.807) is 0 Å². The molecular weight excluding hydrogens is 596 g/mol. The molecule has 0 amide bonds. The van der Waals surface area contributed by atoms with Crippen LogP contribution in [0.4, 0.5) is 0 Å². The number of carbonyl (C=O) groups is 2. The first-order valence-electron chi connectivity index (χ1n) is 12.9. The number of hydrogen-bond acceptors (Lipinski definition) is 15. The average molecular weight is 622 g/mol. The first kappa shape index (κ1) is 31.1. The molecule has 0 bridgehead atoms. The fourth-order valence-electron chi connectivity index (χ4n) is 4.81. The van der Waals surface area contributed by atoms with Gasteiger partial charge in [0.05, 0.1) is 0 Å². The van der Waals surface area contributed by atoms with E-state index in [-0.39, 0.29) is 28.2 Å². The van der Waals surface area contributed by atoms with Gasteiger partial charge in [0.25, 0.3) is 0 Å². The van der Waals surface area contributed by atoms with Gasteiger partial charge in [0.2, 0.25) is 6.29 Å². The van der Waals surface area contributed by atoms with E-state index in [4.69, 9.17) is 23.4 Å². The molecule has 5 rings (SSSR count). The predicted molar refractivity (Wildman–Crippen MR) is 139 cm³/mol. The third-order valence-corrected chi connectivity index (χ3v) is 7.08. The van der Waals surface area contributed by atoms with Gasteiger partial charge in [-0.2, -0.15) is 0 Å². The molecule has 0 saturated carbocycles. The third-order valence-electron chi connectivity index (χ3n) is 7.08. The van der Waals surface area contributed by atoms with Crippen LogP contribution in [-0.2, 0) is 23.8 Å². The maximum absolute atomic E-state index is 12.8. The minimum absolute atomic E-state index is 0.0378. The van der Waals surface area contributed by atoms with Crippen molar-refractivity contribution in [1.29, 1.82) is 0 Å². The molecule has 236 valence electrons. The summed E-state index contributed by atoms with van der Waals surface area (Å²) in [5, 5.41) is 90.3. The van der Waals surface area contributed by atoms with Gasteiger partial charge >= 0.3 is 11.9 Å². The van der Waals surface area contributed by atoms with Crippen LogP contribution in [0.15, 0.2) is 51.7 Å². The molecule has 3 aromatic rings. The Kier molecular flexibility index (Phi) is 8.47. The number of aromatic hydroxyl groups is 2. The number of rotatable bonds is 7. The van der Waals surface area contributed by atoms with Gasteiger partial charge < -0.3 is 69.3 Å². The van der Waals surface area contributed by atoms with Gasteiger partial charge in [-0.1, -0.05) is 0 Å². The molecular formula is C27H26O17. The Labute approximate surface area is 244 Å². The van der Waals surface area contributed by atoms with E-state index in [0.717, 1.165) is 18.2 Å². The smallest absolute Gasteiger partial charge is 0.335 e. The van der Waals surface area contributed by atoms with E-state index in [1.807, 2.05) is 0 Å². The van der Waals surface area contributed by atoms with E-state index in [0.29, 0.717) is 5.56 Å². The normalized spacial score (nSPS) is 32.3. The lowest BCUT2D eigenvalue weighted by Crippen LogP contribution is -2.66. The zero-order valence-electron chi connectivity index (χ0n) is 22.1. The number of phenols is 2. The highest BCUT2D eigenvalue weighted by Crippen LogP contribution is 2.35. The Morgan fingerprint density at radius 3 is 1.93 bits per heavy atom. The molecule has 9 N–H and O–H groups in total. The van der Waals surface area contributed by atoms with Crippen LogP contribution in [0, 0.1) is 0 Å². The summed E-state index contributed by atoms with van der Waals surface area (Å²) in [6.07, 6.45) is -20.8. The predicted octanol–water partition coefficient (Wildman–Crippen LogP) is -1.94. The van der Waals surface area contributed by atoms with Crippen molar-refractivity contribution in [3.63, 3.8) is 0 Å². The van der Waals surface area contributed by atoms with E-state index in [9.17, 15) is 60.3 Å². The van der Waals surface area contributed by atoms with Crippen molar-refractivity contribution in [2.24, 2.45) is 0 Å². The highest BCUT2D eigenvalue weighted by molar-refractivity contribution is 5.86. The van der Waals surface area contributed by atoms with Crippen LogP contribution in [0.2, 0.25) is 0 Å². The lowest BCUT2D eigenvalue weighted by Gasteiger charge is -2.44. The molecule has 1 aromatic heterocycles. The fraction of sp³-hybridized carbons (Fsp3) is 0.370. The average Bonchev–Trinajstić information content (AvgIpc) is 2.96. The second-order valence-electron chi connectivity index (χ2n) is 10.0. The summed E-state index contributed by atoms with van der Waals surface area (Å²) in [6, 6.07) is 8.76. The van der Waals surface area contributed by atoms with Gasteiger partial charge in [-0.25, -0.2) is 9.59 Å². The Morgan fingerprint density at radius 2 is 1.32 bits per heavy atom. The molecule has 0 radical (unpaired) electrons. The lowest BCUT2D eigenvalue weighted by atomic mass is 9.97. The Morgan fingerprint density at radius 1 is 0.727 bits per heavy atom. The van der Waals surface area contributed by atoms with Crippen molar-refractivity contribution in [1.82, 2.24) is 0 Å². The molecule has 3 heterocycles. The van der Waals surface area contributed by atoms with Crippen molar-refractivity contribution < 1.29 is 78.9 Å². The maximum Gasteiger partial charge on any atom is 0.335 e. The molecule has 17 heteroatoms. The zero-order chi connectivity index (χ0) is 32.0. The zero-order valence-corrected chi connectivity index (χ0v) is 22.1. The highest BCUT2D eigenvalue weighted by atomic mass is 16.8. The summed E-state index contributed by atoms with van der Waals surface area (Å²) in [7, 11) is 0.